The number of aryl methyl sites for hydroxylation is 1. The van der Waals surface area contributed by atoms with E-state index in [4.69, 9.17) is 10.5 Å². The number of carbonyl (C=O) groups excluding carboxylic acids is 1. The highest BCUT2D eigenvalue weighted by Gasteiger charge is 2.15. The number of benzene rings is 1. The molecule has 0 aliphatic heterocycles. The molecular formula is C17H26N2O2. The molecule has 0 radical (unpaired) electrons. The summed E-state index contributed by atoms with van der Waals surface area (Å²) in [6.07, 6.45) is 6.52. The molecule has 1 aromatic rings. The van der Waals surface area contributed by atoms with Crippen molar-refractivity contribution in [1.82, 2.24) is 0 Å². The van der Waals surface area contributed by atoms with Crippen LogP contribution in [0.25, 0.3) is 0 Å². The van der Waals surface area contributed by atoms with Crippen LogP contribution in [0.1, 0.15) is 44.6 Å². The number of anilines is 1. The molecule has 1 atom stereocenters. The second kappa shape index (κ2) is 7.46. The van der Waals surface area contributed by atoms with Gasteiger partial charge in [0.25, 0.3) is 0 Å². The number of rotatable bonds is 5. The number of amides is 1. The third kappa shape index (κ3) is 4.74. The lowest BCUT2D eigenvalue weighted by Crippen LogP contribution is -2.32. The molecule has 1 saturated carbocycles. The second-order valence-electron chi connectivity index (χ2n) is 6.07. The Morgan fingerprint density at radius 3 is 2.76 bits per heavy atom. The molecule has 1 aliphatic rings. The Hall–Kier alpha value is -1.55. The summed E-state index contributed by atoms with van der Waals surface area (Å²) in [7, 11) is 0. The van der Waals surface area contributed by atoms with Gasteiger partial charge in [-0.15, -0.1) is 0 Å². The van der Waals surface area contributed by atoms with Crippen LogP contribution >= 0.6 is 0 Å². The summed E-state index contributed by atoms with van der Waals surface area (Å²) >= 11 is 0. The second-order valence-corrected chi connectivity index (χ2v) is 6.07. The third-order valence-corrected chi connectivity index (χ3v) is 4.07. The zero-order valence-corrected chi connectivity index (χ0v) is 13.0. The molecule has 2 rings (SSSR count). The number of ether oxygens (including phenoxy) is 1. The first-order chi connectivity index (χ1) is 10.1. The fraction of sp³-hybridized carbons (Fsp3) is 0.588. The van der Waals surface area contributed by atoms with Gasteiger partial charge in [0.05, 0.1) is 12.6 Å². The quantitative estimate of drug-likeness (QED) is 0.875. The highest BCUT2D eigenvalue weighted by molar-refractivity contribution is 5.94. The van der Waals surface area contributed by atoms with Crippen LogP contribution in [0.2, 0.25) is 0 Å². The van der Waals surface area contributed by atoms with Gasteiger partial charge in [-0.3, -0.25) is 4.79 Å². The largest absolute Gasteiger partial charge is 0.493 e. The first kappa shape index (κ1) is 15.8. The molecule has 0 heterocycles. The van der Waals surface area contributed by atoms with Crippen LogP contribution in [-0.4, -0.2) is 18.6 Å². The van der Waals surface area contributed by atoms with Crippen LogP contribution in [0, 0.1) is 12.8 Å². The summed E-state index contributed by atoms with van der Waals surface area (Å²) in [6, 6.07) is 5.21. The summed E-state index contributed by atoms with van der Waals surface area (Å²) in [5.41, 5.74) is 7.39. The zero-order chi connectivity index (χ0) is 15.2. The first-order valence-corrected chi connectivity index (χ1v) is 7.86. The summed E-state index contributed by atoms with van der Waals surface area (Å²) in [6.45, 7) is 4.46. The lowest BCUT2D eigenvalue weighted by Gasteiger charge is -2.22. The van der Waals surface area contributed by atoms with E-state index in [9.17, 15) is 4.79 Å². The standard InChI is InChI=1S/C17H26N2O2/c1-12-8-9-15(19-17(20)13(2)18)10-16(12)21-11-14-6-4-3-5-7-14/h8-10,13-14H,3-7,11,18H2,1-2H3,(H,19,20)/t13-/m1/s1. The van der Waals surface area contributed by atoms with Crippen LogP contribution < -0.4 is 15.8 Å². The number of nitrogens with two attached hydrogens (primary N) is 1. The fourth-order valence-corrected chi connectivity index (χ4v) is 2.65. The van der Waals surface area contributed by atoms with Crippen molar-refractivity contribution in [2.75, 3.05) is 11.9 Å². The molecule has 21 heavy (non-hydrogen) atoms. The van der Waals surface area contributed by atoms with Gasteiger partial charge in [0.2, 0.25) is 5.91 Å². The van der Waals surface area contributed by atoms with Gasteiger partial charge in [-0.1, -0.05) is 25.3 Å². The van der Waals surface area contributed by atoms with Crippen molar-refractivity contribution in [3.05, 3.63) is 23.8 Å². The van der Waals surface area contributed by atoms with E-state index in [-0.39, 0.29) is 5.91 Å². The zero-order valence-electron chi connectivity index (χ0n) is 13.0. The molecule has 0 saturated heterocycles. The molecule has 4 nitrogen and oxygen atoms in total. The minimum Gasteiger partial charge on any atom is -0.493 e. The predicted molar refractivity (Wildman–Crippen MR) is 85.5 cm³/mol. The van der Waals surface area contributed by atoms with Gasteiger partial charge in [-0.2, -0.15) is 0 Å². The van der Waals surface area contributed by atoms with E-state index >= 15 is 0 Å². The molecule has 0 unspecified atom stereocenters. The van der Waals surface area contributed by atoms with E-state index in [0.717, 1.165) is 23.6 Å². The average Bonchev–Trinajstić information content (AvgIpc) is 2.48. The van der Waals surface area contributed by atoms with Gasteiger partial charge in [0.15, 0.2) is 0 Å². The van der Waals surface area contributed by atoms with Gasteiger partial charge in [0, 0.05) is 11.8 Å². The highest BCUT2D eigenvalue weighted by Crippen LogP contribution is 2.27. The van der Waals surface area contributed by atoms with Gasteiger partial charge < -0.3 is 15.8 Å². The molecule has 1 fully saturated rings. The smallest absolute Gasteiger partial charge is 0.241 e. The molecule has 1 aromatic carbocycles. The number of nitrogens with one attached hydrogen (secondary N) is 1. The maximum Gasteiger partial charge on any atom is 0.241 e. The van der Waals surface area contributed by atoms with Crippen molar-refractivity contribution in [3.8, 4) is 5.75 Å². The number of hydrogen-bond donors (Lipinski definition) is 2. The minimum absolute atomic E-state index is 0.183. The molecule has 0 aromatic heterocycles. The van der Waals surface area contributed by atoms with Crippen molar-refractivity contribution in [3.63, 3.8) is 0 Å². The fourth-order valence-electron chi connectivity index (χ4n) is 2.65. The Morgan fingerprint density at radius 2 is 2.10 bits per heavy atom. The van der Waals surface area contributed by atoms with Crippen LogP contribution in [0.4, 0.5) is 5.69 Å². The summed E-state index contributed by atoms with van der Waals surface area (Å²) in [4.78, 5) is 11.6. The van der Waals surface area contributed by atoms with Gasteiger partial charge in [-0.05, 0) is 44.2 Å². The van der Waals surface area contributed by atoms with Crippen LogP contribution in [-0.2, 0) is 4.79 Å². The Bertz CT molecular complexity index is 480. The summed E-state index contributed by atoms with van der Waals surface area (Å²) in [5, 5.41) is 2.80. The van der Waals surface area contributed by atoms with Crippen molar-refractivity contribution in [2.45, 2.75) is 52.0 Å². The lowest BCUT2D eigenvalue weighted by molar-refractivity contribution is -0.117. The van der Waals surface area contributed by atoms with Crippen LogP contribution in [0.3, 0.4) is 0 Å². The van der Waals surface area contributed by atoms with E-state index < -0.39 is 6.04 Å². The minimum atomic E-state index is -0.516. The van der Waals surface area contributed by atoms with Crippen molar-refractivity contribution >= 4 is 11.6 Å². The Morgan fingerprint density at radius 1 is 1.38 bits per heavy atom. The topological polar surface area (TPSA) is 64.4 Å². The normalized spacial score (nSPS) is 17.3. The van der Waals surface area contributed by atoms with Crippen molar-refractivity contribution in [1.29, 1.82) is 0 Å². The molecule has 1 amide bonds. The molecule has 1 aliphatic carbocycles. The molecule has 0 bridgehead atoms. The van der Waals surface area contributed by atoms with Gasteiger partial charge >= 0.3 is 0 Å². The molecule has 116 valence electrons. The summed E-state index contributed by atoms with van der Waals surface area (Å²) in [5.74, 6) is 1.33. The van der Waals surface area contributed by atoms with Gasteiger partial charge in [-0.25, -0.2) is 0 Å². The van der Waals surface area contributed by atoms with E-state index in [0.29, 0.717) is 5.92 Å². The predicted octanol–water partition coefficient (Wildman–Crippen LogP) is 3.24. The SMILES string of the molecule is Cc1ccc(NC(=O)[C@@H](C)N)cc1OCC1CCCCC1. The maximum absolute atomic E-state index is 11.6. The van der Waals surface area contributed by atoms with Crippen LogP contribution in [0.15, 0.2) is 18.2 Å². The van der Waals surface area contributed by atoms with Crippen molar-refractivity contribution in [2.24, 2.45) is 11.7 Å². The maximum atomic E-state index is 11.6. The van der Waals surface area contributed by atoms with Gasteiger partial charge in [0.1, 0.15) is 5.75 Å². The molecule has 3 N–H and O–H groups in total. The Labute approximate surface area is 127 Å². The molecule has 4 heteroatoms. The molecular weight excluding hydrogens is 264 g/mol. The van der Waals surface area contributed by atoms with E-state index in [1.54, 1.807) is 6.92 Å². The Kier molecular flexibility index (Phi) is 5.62. The van der Waals surface area contributed by atoms with Crippen LogP contribution in [0.5, 0.6) is 5.75 Å². The van der Waals surface area contributed by atoms with E-state index in [1.807, 2.05) is 25.1 Å². The number of carbonyl (C=O) groups is 1. The average molecular weight is 290 g/mol. The van der Waals surface area contributed by atoms with E-state index in [1.165, 1.54) is 32.1 Å². The van der Waals surface area contributed by atoms with E-state index in [2.05, 4.69) is 5.32 Å². The molecule has 0 spiro atoms. The number of hydrogen-bond acceptors (Lipinski definition) is 3. The third-order valence-electron chi connectivity index (χ3n) is 4.07. The first-order valence-electron chi connectivity index (χ1n) is 7.86. The lowest BCUT2D eigenvalue weighted by atomic mass is 9.90. The Balaban J connectivity index is 1.96. The summed E-state index contributed by atoms with van der Waals surface area (Å²) < 4.78 is 5.98. The monoisotopic (exact) mass is 290 g/mol. The van der Waals surface area contributed by atoms with Crippen molar-refractivity contribution < 1.29 is 9.53 Å². The highest BCUT2D eigenvalue weighted by atomic mass is 16.5.